The predicted octanol–water partition coefficient (Wildman–Crippen LogP) is 1.09. The van der Waals surface area contributed by atoms with Gasteiger partial charge in [-0.1, -0.05) is 30.3 Å². The van der Waals surface area contributed by atoms with E-state index >= 15 is 0 Å². The molecular weight excluding hydrogens is 465 g/mol. The average molecular weight is 491 g/mol. The van der Waals surface area contributed by atoms with E-state index in [0.717, 1.165) is 18.4 Å². The fourth-order valence-corrected chi connectivity index (χ4v) is 4.28. The highest BCUT2D eigenvalue weighted by Crippen LogP contribution is 2.40. The molecule has 1 aliphatic heterocycles. The van der Waals surface area contributed by atoms with E-state index in [1.807, 2.05) is 30.3 Å². The Bertz CT molecular complexity index is 1200. The normalized spacial score (nSPS) is 25.2. The van der Waals surface area contributed by atoms with Crippen molar-refractivity contribution in [1.29, 1.82) is 0 Å². The van der Waals surface area contributed by atoms with Crippen molar-refractivity contribution in [2.45, 2.75) is 49.8 Å². The molecule has 1 unspecified atom stereocenters. The third kappa shape index (κ3) is 4.98. The van der Waals surface area contributed by atoms with E-state index in [0.29, 0.717) is 29.4 Å². The van der Waals surface area contributed by atoms with Gasteiger partial charge in [0.25, 0.3) is 0 Å². The standard InChI is InChI=1S/C21H26N5O7P/c27-16-14(9-32-11-34(29,30)31)33-21(17(16)28)26-10-23-15-19(22-8-12-4-2-1-3-5-12)24-18(13-6-7-13)25-20(15)26/h1-5,10,13-14,16-17,21,27-28H,6-9,11H2,(H,22,24,25)(H2,29,30,31)/t14?,16-,17-,21-/m1/s1. The molecule has 0 spiro atoms. The monoisotopic (exact) mass is 491 g/mol. The zero-order valence-corrected chi connectivity index (χ0v) is 19.0. The van der Waals surface area contributed by atoms with Crippen LogP contribution in [-0.2, 0) is 20.6 Å². The molecular formula is C21H26N5O7P. The molecule has 0 amide bonds. The summed E-state index contributed by atoms with van der Waals surface area (Å²) in [6.45, 7) is 0.253. The summed E-state index contributed by atoms with van der Waals surface area (Å²) in [6, 6.07) is 9.88. The summed E-state index contributed by atoms with van der Waals surface area (Å²) in [5.74, 6) is 1.52. The van der Waals surface area contributed by atoms with Crippen LogP contribution in [-0.4, -0.2) is 70.8 Å². The molecule has 1 saturated carbocycles. The molecule has 3 aromatic rings. The lowest BCUT2D eigenvalue weighted by Crippen LogP contribution is -2.33. The largest absolute Gasteiger partial charge is 0.387 e. The van der Waals surface area contributed by atoms with Crippen LogP contribution in [0, 0.1) is 0 Å². The maximum absolute atomic E-state index is 11.0. The van der Waals surface area contributed by atoms with E-state index in [1.54, 1.807) is 4.57 Å². The third-order valence-electron chi connectivity index (χ3n) is 5.84. The van der Waals surface area contributed by atoms with Crippen LogP contribution in [0.2, 0.25) is 0 Å². The Hall–Kier alpha value is -2.44. The molecule has 2 aromatic heterocycles. The van der Waals surface area contributed by atoms with Gasteiger partial charge in [0.05, 0.1) is 12.9 Å². The van der Waals surface area contributed by atoms with Crippen LogP contribution < -0.4 is 5.32 Å². The van der Waals surface area contributed by atoms with Crippen molar-refractivity contribution >= 4 is 24.6 Å². The molecule has 4 atom stereocenters. The van der Waals surface area contributed by atoms with Crippen LogP contribution in [0.5, 0.6) is 0 Å². The molecule has 5 rings (SSSR count). The Morgan fingerprint density at radius 2 is 1.91 bits per heavy atom. The number of hydrogen-bond donors (Lipinski definition) is 5. The van der Waals surface area contributed by atoms with E-state index in [9.17, 15) is 14.8 Å². The van der Waals surface area contributed by atoms with E-state index in [1.165, 1.54) is 6.33 Å². The maximum atomic E-state index is 11.0. The Balaban J connectivity index is 1.40. The van der Waals surface area contributed by atoms with Gasteiger partial charge in [0.2, 0.25) is 0 Å². The van der Waals surface area contributed by atoms with Gasteiger partial charge >= 0.3 is 7.60 Å². The van der Waals surface area contributed by atoms with E-state index in [4.69, 9.17) is 19.3 Å². The minimum Gasteiger partial charge on any atom is -0.387 e. The van der Waals surface area contributed by atoms with Crippen molar-refractivity contribution in [3.63, 3.8) is 0 Å². The molecule has 5 N–H and O–H groups in total. The molecule has 0 bridgehead atoms. The minimum absolute atomic E-state index is 0.263. The Morgan fingerprint density at radius 1 is 1.15 bits per heavy atom. The molecule has 2 aliphatic rings. The lowest BCUT2D eigenvalue weighted by Gasteiger charge is -2.17. The molecule has 34 heavy (non-hydrogen) atoms. The summed E-state index contributed by atoms with van der Waals surface area (Å²) in [5.41, 5.74) is 2.05. The van der Waals surface area contributed by atoms with Gasteiger partial charge < -0.3 is 34.8 Å². The van der Waals surface area contributed by atoms with E-state index in [2.05, 4.69) is 20.3 Å². The van der Waals surface area contributed by atoms with Gasteiger partial charge in [0, 0.05) is 12.5 Å². The first-order valence-corrected chi connectivity index (χ1v) is 12.8. The topological polar surface area (TPSA) is 172 Å². The number of imidazole rings is 1. The van der Waals surface area contributed by atoms with Crippen molar-refractivity contribution in [3.8, 4) is 0 Å². The van der Waals surface area contributed by atoms with E-state index < -0.39 is 38.5 Å². The number of aromatic nitrogens is 4. The van der Waals surface area contributed by atoms with Gasteiger partial charge in [0.15, 0.2) is 23.2 Å². The maximum Gasteiger partial charge on any atom is 0.350 e. The second-order valence-corrected chi connectivity index (χ2v) is 10.2. The number of anilines is 1. The second-order valence-electron chi connectivity index (χ2n) is 8.58. The third-order valence-corrected chi connectivity index (χ3v) is 6.36. The smallest absolute Gasteiger partial charge is 0.350 e. The van der Waals surface area contributed by atoms with Gasteiger partial charge in [-0.05, 0) is 18.4 Å². The number of aliphatic hydroxyl groups is 2. The first kappa shape index (κ1) is 23.3. The lowest BCUT2D eigenvalue weighted by molar-refractivity contribution is -0.0613. The van der Waals surface area contributed by atoms with Crippen LogP contribution in [0.15, 0.2) is 36.7 Å². The zero-order chi connectivity index (χ0) is 23.9. The van der Waals surface area contributed by atoms with Crippen molar-refractivity contribution in [2.24, 2.45) is 0 Å². The van der Waals surface area contributed by atoms with Crippen molar-refractivity contribution in [1.82, 2.24) is 19.5 Å². The average Bonchev–Trinajstić information content (AvgIpc) is 3.52. The zero-order valence-electron chi connectivity index (χ0n) is 18.1. The van der Waals surface area contributed by atoms with Gasteiger partial charge in [-0.15, -0.1) is 0 Å². The van der Waals surface area contributed by atoms with Crippen molar-refractivity contribution < 1.29 is 34.0 Å². The van der Waals surface area contributed by atoms with Crippen LogP contribution in [0.4, 0.5) is 5.82 Å². The number of ether oxygens (including phenoxy) is 2. The van der Waals surface area contributed by atoms with E-state index in [-0.39, 0.29) is 12.5 Å². The fraction of sp³-hybridized carbons (Fsp3) is 0.476. The highest BCUT2D eigenvalue weighted by Gasteiger charge is 2.45. The van der Waals surface area contributed by atoms with Crippen LogP contribution >= 0.6 is 7.60 Å². The number of benzene rings is 1. The molecule has 1 saturated heterocycles. The summed E-state index contributed by atoms with van der Waals surface area (Å²) < 4.78 is 23.3. The number of nitrogens with one attached hydrogen (secondary N) is 1. The molecule has 0 radical (unpaired) electrons. The number of nitrogens with zero attached hydrogens (tertiary/aromatic N) is 4. The number of fused-ring (bicyclic) bond motifs is 1. The summed E-state index contributed by atoms with van der Waals surface area (Å²) in [5, 5.41) is 24.4. The number of aliphatic hydroxyl groups excluding tert-OH is 2. The van der Waals surface area contributed by atoms with Crippen LogP contribution in [0.3, 0.4) is 0 Å². The summed E-state index contributed by atoms with van der Waals surface area (Å²) in [4.78, 5) is 31.7. The van der Waals surface area contributed by atoms with Crippen molar-refractivity contribution in [3.05, 3.63) is 48.0 Å². The highest BCUT2D eigenvalue weighted by molar-refractivity contribution is 7.51. The first-order chi connectivity index (χ1) is 16.3. The molecule has 1 aromatic carbocycles. The summed E-state index contributed by atoms with van der Waals surface area (Å²) in [6.07, 6.45) is -1.96. The van der Waals surface area contributed by atoms with Gasteiger partial charge in [-0.2, -0.15) is 0 Å². The number of hydrogen-bond acceptors (Lipinski definition) is 9. The summed E-state index contributed by atoms with van der Waals surface area (Å²) >= 11 is 0. The lowest BCUT2D eigenvalue weighted by atomic mass is 10.1. The SMILES string of the molecule is O=P(O)(O)COCC1O[C@@H](n2cnc3c(NCc4ccccc4)nc(C4CC4)nc32)[C@H](O)[C@@H]1O. The molecule has 2 fully saturated rings. The predicted molar refractivity (Wildman–Crippen MR) is 120 cm³/mol. The van der Waals surface area contributed by atoms with Gasteiger partial charge in [-0.3, -0.25) is 9.13 Å². The quantitative estimate of drug-likeness (QED) is 0.271. The Kier molecular flexibility index (Phi) is 6.38. The Labute approximate surface area is 194 Å². The van der Waals surface area contributed by atoms with Gasteiger partial charge in [-0.25, -0.2) is 15.0 Å². The number of rotatable bonds is 9. The molecule has 182 valence electrons. The van der Waals surface area contributed by atoms with Gasteiger partial charge in [0.1, 0.15) is 30.5 Å². The molecule has 13 heteroatoms. The summed E-state index contributed by atoms with van der Waals surface area (Å²) in [7, 11) is -4.36. The highest BCUT2D eigenvalue weighted by atomic mass is 31.2. The molecule has 1 aliphatic carbocycles. The Morgan fingerprint density at radius 3 is 2.62 bits per heavy atom. The minimum atomic E-state index is -4.36. The van der Waals surface area contributed by atoms with Crippen LogP contribution in [0.25, 0.3) is 11.2 Å². The first-order valence-electron chi connectivity index (χ1n) is 11.0. The molecule has 3 heterocycles. The van der Waals surface area contributed by atoms with Crippen LogP contribution in [0.1, 0.15) is 36.4 Å². The van der Waals surface area contributed by atoms with Crippen molar-refractivity contribution in [2.75, 3.05) is 18.3 Å². The molecule has 12 nitrogen and oxygen atoms in total. The fourth-order valence-electron chi connectivity index (χ4n) is 3.93. The second kappa shape index (κ2) is 9.31.